The van der Waals surface area contributed by atoms with Gasteiger partial charge in [0.05, 0.1) is 22.6 Å². The zero-order valence-electron chi connectivity index (χ0n) is 12.1. The van der Waals surface area contributed by atoms with Gasteiger partial charge in [-0.15, -0.1) is 5.10 Å². The van der Waals surface area contributed by atoms with E-state index in [0.717, 1.165) is 0 Å². The summed E-state index contributed by atoms with van der Waals surface area (Å²) in [6, 6.07) is 13.9. The monoisotopic (exact) mass is 328 g/mol. The van der Waals surface area contributed by atoms with E-state index in [-0.39, 0.29) is 24.4 Å². The molecule has 0 atom stereocenters. The van der Waals surface area contributed by atoms with Gasteiger partial charge in [-0.1, -0.05) is 41.1 Å². The minimum absolute atomic E-state index is 0.0954. The number of halogens is 1. The van der Waals surface area contributed by atoms with E-state index in [1.165, 1.54) is 4.68 Å². The van der Waals surface area contributed by atoms with Gasteiger partial charge in [-0.2, -0.15) is 0 Å². The molecule has 1 aromatic heterocycles. The fourth-order valence-electron chi connectivity index (χ4n) is 2.15. The first-order chi connectivity index (χ1) is 11.1. The van der Waals surface area contributed by atoms with Crippen molar-refractivity contribution in [2.24, 2.45) is 0 Å². The van der Waals surface area contributed by atoms with E-state index < -0.39 is 0 Å². The summed E-state index contributed by atoms with van der Waals surface area (Å²) in [4.78, 5) is 24.2. The van der Waals surface area contributed by atoms with Gasteiger partial charge in [-0.3, -0.25) is 9.59 Å². The van der Waals surface area contributed by atoms with E-state index in [2.05, 4.69) is 15.6 Å². The average Bonchev–Trinajstić information content (AvgIpc) is 2.57. The second kappa shape index (κ2) is 6.58. The average molecular weight is 329 g/mol. The van der Waals surface area contributed by atoms with Crippen LogP contribution in [-0.2, 0) is 11.3 Å². The molecule has 0 saturated carbocycles. The van der Waals surface area contributed by atoms with Crippen LogP contribution in [0.25, 0.3) is 10.9 Å². The van der Waals surface area contributed by atoms with Crippen LogP contribution in [0.1, 0.15) is 6.42 Å². The second-order valence-corrected chi connectivity index (χ2v) is 5.32. The number of aromatic nitrogens is 3. The number of anilines is 1. The zero-order valence-corrected chi connectivity index (χ0v) is 12.8. The molecule has 1 heterocycles. The number of rotatable bonds is 4. The Bertz CT molecular complexity index is 923. The molecule has 7 heteroatoms. The van der Waals surface area contributed by atoms with Crippen LogP contribution in [0.4, 0.5) is 5.69 Å². The van der Waals surface area contributed by atoms with Crippen LogP contribution in [-0.4, -0.2) is 20.9 Å². The standard InChI is InChI=1S/C16H13ClN4O2/c17-12-6-2-4-8-14(12)18-15(22)9-10-21-16(23)11-5-1-3-7-13(11)19-20-21/h1-8H,9-10H2,(H,18,22). The van der Waals surface area contributed by atoms with Gasteiger partial charge in [0.1, 0.15) is 5.52 Å². The summed E-state index contributed by atoms with van der Waals surface area (Å²) in [5.74, 6) is -0.250. The molecule has 6 nitrogen and oxygen atoms in total. The Morgan fingerprint density at radius 1 is 1.13 bits per heavy atom. The van der Waals surface area contributed by atoms with Crippen LogP contribution in [0.5, 0.6) is 0 Å². The maximum atomic E-state index is 12.3. The number of carbonyl (C=O) groups excluding carboxylic acids is 1. The Kier molecular flexibility index (Phi) is 4.34. The Morgan fingerprint density at radius 3 is 2.70 bits per heavy atom. The fourth-order valence-corrected chi connectivity index (χ4v) is 2.34. The highest BCUT2D eigenvalue weighted by Crippen LogP contribution is 2.20. The van der Waals surface area contributed by atoms with Crippen LogP contribution in [0.3, 0.4) is 0 Å². The number of para-hydroxylation sites is 1. The number of aryl methyl sites for hydroxylation is 1. The number of carbonyl (C=O) groups is 1. The molecule has 0 aliphatic rings. The lowest BCUT2D eigenvalue weighted by Gasteiger charge is -2.07. The van der Waals surface area contributed by atoms with Crippen LogP contribution in [0.2, 0.25) is 5.02 Å². The van der Waals surface area contributed by atoms with Crippen molar-refractivity contribution in [3.63, 3.8) is 0 Å². The molecular weight excluding hydrogens is 316 g/mol. The summed E-state index contributed by atoms with van der Waals surface area (Å²) < 4.78 is 1.19. The molecule has 0 aliphatic heterocycles. The fraction of sp³-hybridized carbons (Fsp3) is 0.125. The SMILES string of the molecule is O=C(CCn1nnc2ccccc2c1=O)Nc1ccccc1Cl. The van der Waals surface area contributed by atoms with E-state index in [0.29, 0.717) is 21.6 Å². The molecule has 1 amide bonds. The van der Waals surface area contributed by atoms with Gasteiger partial charge in [-0.25, -0.2) is 4.68 Å². The number of nitrogens with one attached hydrogen (secondary N) is 1. The summed E-state index contributed by atoms with van der Waals surface area (Å²) in [6.45, 7) is 0.146. The van der Waals surface area contributed by atoms with Crippen LogP contribution < -0.4 is 10.9 Å². The minimum atomic E-state index is -0.263. The van der Waals surface area contributed by atoms with E-state index in [4.69, 9.17) is 11.6 Å². The van der Waals surface area contributed by atoms with Crippen molar-refractivity contribution in [1.82, 2.24) is 15.0 Å². The first kappa shape index (κ1) is 15.2. The van der Waals surface area contributed by atoms with Crippen molar-refractivity contribution in [2.45, 2.75) is 13.0 Å². The molecule has 3 aromatic rings. The Morgan fingerprint density at radius 2 is 1.87 bits per heavy atom. The van der Waals surface area contributed by atoms with E-state index in [9.17, 15) is 9.59 Å². The van der Waals surface area contributed by atoms with E-state index in [1.54, 1.807) is 48.5 Å². The summed E-state index contributed by atoms with van der Waals surface area (Å²) >= 11 is 5.98. The second-order valence-electron chi connectivity index (χ2n) is 4.91. The van der Waals surface area contributed by atoms with Gasteiger partial charge in [0.15, 0.2) is 0 Å². The number of fused-ring (bicyclic) bond motifs is 1. The predicted molar refractivity (Wildman–Crippen MR) is 88.5 cm³/mol. The van der Waals surface area contributed by atoms with Gasteiger partial charge < -0.3 is 5.32 Å². The highest BCUT2D eigenvalue weighted by atomic mass is 35.5. The molecule has 0 radical (unpaired) electrons. The highest BCUT2D eigenvalue weighted by Gasteiger charge is 2.09. The number of nitrogens with zero attached hydrogens (tertiary/aromatic N) is 3. The molecule has 0 bridgehead atoms. The molecule has 2 aromatic carbocycles. The topological polar surface area (TPSA) is 76.9 Å². The van der Waals surface area contributed by atoms with Gasteiger partial charge in [0.2, 0.25) is 5.91 Å². The summed E-state index contributed by atoms with van der Waals surface area (Å²) in [5, 5.41) is 11.5. The predicted octanol–water partition coefficient (Wildman–Crippen LogP) is 2.47. The molecule has 1 N–H and O–H groups in total. The molecule has 0 saturated heterocycles. The van der Waals surface area contributed by atoms with Crippen molar-refractivity contribution in [2.75, 3.05) is 5.32 Å². The van der Waals surface area contributed by atoms with Gasteiger partial charge in [-0.05, 0) is 24.3 Å². The largest absolute Gasteiger partial charge is 0.325 e. The maximum absolute atomic E-state index is 12.3. The summed E-state index contributed by atoms with van der Waals surface area (Å²) in [6.07, 6.45) is 0.0954. The molecule has 0 aliphatic carbocycles. The molecular formula is C16H13ClN4O2. The zero-order chi connectivity index (χ0) is 16.2. The van der Waals surface area contributed by atoms with Crippen molar-refractivity contribution >= 4 is 34.1 Å². The molecule has 116 valence electrons. The number of hydrogen-bond acceptors (Lipinski definition) is 4. The Balaban J connectivity index is 1.71. The van der Waals surface area contributed by atoms with Crippen LogP contribution >= 0.6 is 11.6 Å². The third-order valence-corrected chi connectivity index (χ3v) is 3.66. The normalized spacial score (nSPS) is 10.7. The van der Waals surface area contributed by atoms with Crippen molar-refractivity contribution in [3.05, 3.63) is 63.9 Å². The summed E-state index contributed by atoms with van der Waals surface area (Å²) in [7, 11) is 0. The highest BCUT2D eigenvalue weighted by molar-refractivity contribution is 6.33. The van der Waals surface area contributed by atoms with Crippen LogP contribution in [0, 0.1) is 0 Å². The Hall–Kier alpha value is -2.73. The van der Waals surface area contributed by atoms with Crippen molar-refractivity contribution in [1.29, 1.82) is 0 Å². The summed E-state index contributed by atoms with van der Waals surface area (Å²) in [5.41, 5.74) is 0.812. The first-order valence-electron chi connectivity index (χ1n) is 7.02. The third kappa shape index (κ3) is 3.37. The quantitative estimate of drug-likeness (QED) is 0.798. The number of hydrogen-bond donors (Lipinski definition) is 1. The molecule has 0 unspecified atom stereocenters. The lowest BCUT2D eigenvalue weighted by molar-refractivity contribution is -0.116. The van der Waals surface area contributed by atoms with Crippen molar-refractivity contribution in [3.8, 4) is 0 Å². The minimum Gasteiger partial charge on any atom is -0.325 e. The molecule has 0 spiro atoms. The van der Waals surface area contributed by atoms with Gasteiger partial charge in [0.25, 0.3) is 5.56 Å². The number of benzene rings is 2. The molecule has 3 rings (SSSR count). The maximum Gasteiger partial charge on any atom is 0.277 e. The molecule has 0 fully saturated rings. The van der Waals surface area contributed by atoms with E-state index in [1.807, 2.05) is 0 Å². The first-order valence-corrected chi connectivity index (χ1v) is 7.40. The van der Waals surface area contributed by atoms with Crippen LogP contribution in [0.15, 0.2) is 53.3 Å². The van der Waals surface area contributed by atoms with Crippen molar-refractivity contribution < 1.29 is 4.79 Å². The number of amides is 1. The lowest BCUT2D eigenvalue weighted by Crippen LogP contribution is -2.26. The van der Waals surface area contributed by atoms with Gasteiger partial charge in [0, 0.05) is 6.42 Å². The molecule has 23 heavy (non-hydrogen) atoms. The lowest BCUT2D eigenvalue weighted by atomic mass is 10.2. The third-order valence-electron chi connectivity index (χ3n) is 3.33. The van der Waals surface area contributed by atoms with Gasteiger partial charge >= 0.3 is 0 Å². The Labute approximate surface area is 136 Å². The van der Waals surface area contributed by atoms with E-state index >= 15 is 0 Å². The smallest absolute Gasteiger partial charge is 0.277 e.